The van der Waals surface area contributed by atoms with E-state index in [1.807, 2.05) is 32.0 Å². The van der Waals surface area contributed by atoms with Crippen LogP contribution in [0.1, 0.15) is 39.9 Å². The van der Waals surface area contributed by atoms with Crippen LogP contribution in [0, 0.1) is 13.8 Å². The third-order valence-electron chi connectivity index (χ3n) is 5.08. The van der Waals surface area contributed by atoms with Gasteiger partial charge in [-0.05, 0) is 49.2 Å². The molecule has 27 heavy (non-hydrogen) atoms. The van der Waals surface area contributed by atoms with Crippen LogP contribution in [-0.4, -0.2) is 17.1 Å². The van der Waals surface area contributed by atoms with E-state index >= 15 is 0 Å². The highest BCUT2D eigenvalue weighted by molar-refractivity contribution is 9.10. The largest absolute Gasteiger partial charge is 0.495 e. The standard InChI is InChI=1S/C21H21BrN4O/c1-12-10-17(25-13(2)19(12)27-3)21(14-6-4-7-15(22)11-14)16-8-5-9-24-18(16)20(23)26-21/h4-11,20,26H,23H2,1-3H3. The molecule has 2 aromatic heterocycles. The van der Waals surface area contributed by atoms with Crippen molar-refractivity contribution in [3.63, 3.8) is 0 Å². The number of methoxy groups -OCH3 is 1. The van der Waals surface area contributed by atoms with Gasteiger partial charge in [0.2, 0.25) is 0 Å². The summed E-state index contributed by atoms with van der Waals surface area (Å²) >= 11 is 3.60. The molecule has 1 aromatic carbocycles. The van der Waals surface area contributed by atoms with Crippen LogP contribution < -0.4 is 15.8 Å². The highest BCUT2D eigenvalue weighted by Crippen LogP contribution is 2.45. The number of ether oxygens (including phenoxy) is 1. The molecule has 3 N–H and O–H groups in total. The molecular weight excluding hydrogens is 404 g/mol. The molecular formula is C21H21BrN4O. The second-order valence-corrected chi connectivity index (χ2v) is 7.68. The lowest BCUT2D eigenvalue weighted by molar-refractivity contribution is 0.401. The highest BCUT2D eigenvalue weighted by atomic mass is 79.9. The monoisotopic (exact) mass is 424 g/mol. The first-order valence-electron chi connectivity index (χ1n) is 8.75. The lowest BCUT2D eigenvalue weighted by atomic mass is 9.81. The maximum atomic E-state index is 6.43. The summed E-state index contributed by atoms with van der Waals surface area (Å²) in [5, 5.41) is 3.58. The van der Waals surface area contributed by atoms with Gasteiger partial charge in [-0.2, -0.15) is 0 Å². The lowest BCUT2D eigenvalue weighted by Gasteiger charge is -2.32. The van der Waals surface area contributed by atoms with Crippen LogP contribution >= 0.6 is 15.9 Å². The summed E-state index contributed by atoms with van der Waals surface area (Å²) in [7, 11) is 1.67. The number of halogens is 1. The molecule has 0 saturated heterocycles. The first kappa shape index (κ1) is 18.1. The van der Waals surface area contributed by atoms with Gasteiger partial charge in [0.05, 0.1) is 24.2 Å². The number of aromatic nitrogens is 2. The molecule has 4 rings (SSSR count). The van der Waals surface area contributed by atoms with Crippen molar-refractivity contribution in [2.75, 3.05) is 7.11 Å². The molecule has 1 aliphatic heterocycles. The predicted octanol–water partition coefficient (Wildman–Crippen LogP) is 3.72. The van der Waals surface area contributed by atoms with Gasteiger partial charge in [-0.1, -0.05) is 34.1 Å². The molecule has 0 saturated carbocycles. The van der Waals surface area contributed by atoms with Gasteiger partial charge in [-0.15, -0.1) is 0 Å². The second-order valence-electron chi connectivity index (χ2n) is 6.76. The molecule has 5 nitrogen and oxygen atoms in total. The Hall–Kier alpha value is -2.28. The van der Waals surface area contributed by atoms with Crippen molar-refractivity contribution in [1.29, 1.82) is 0 Å². The van der Waals surface area contributed by atoms with E-state index in [2.05, 4.69) is 50.5 Å². The number of pyridine rings is 2. The molecule has 2 atom stereocenters. The Morgan fingerprint density at radius 1 is 1.19 bits per heavy atom. The van der Waals surface area contributed by atoms with E-state index in [1.54, 1.807) is 13.3 Å². The molecule has 138 valence electrons. The number of benzene rings is 1. The summed E-state index contributed by atoms with van der Waals surface area (Å²) in [6.45, 7) is 3.99. The summed E-state index contributed by atoms with van der Waals surface area (Å²) in [6.07, 6.45) is 1.39. The molecule has 6 heteroatoms. The maximum absolute atomic E-state index is 6.43. The van der Waals surface area contributed by atoms with Gasteiger partial charge in [-0.25, -0.2) is 0 Å². The first-order valence-corrected chi connectivity index (χ1v) is 9.54. The van der Waals surface area contributed by atoms with E-state index in [4.69, 9.17) is 15.5 Å². The van der Waals surface area contributed by atoms with E-state index < -0.39 is 5.54 Å². The summed E-state index contributed by atoms with van der Waals surface area (Å²) < 4.78 is 6.51. The summed E-state index contributed by atoms with van der Waals surface area (Å²) in [5.41, 5.74) is 11.4. The Morgan fingerprint density at radius 2 is 2.00 bits per heavy atom. The molecule has 0 radical (unpaired) electrons. The van der Waals surface area contributed by atoms with E-state index in [9.17, 15) is 0 Å². The average molecular weight is 425 g/mol. The van der Waals surface area contributed by atoms with Gasteiger partial charge in [0.25, 0.3) is 0 Å². The lowest BCUT2D eigenvalue weighted by Crippen LogP contribution is -2.43. The van der Waals surface area contributed by atoms with Crippen LogP contribution in [-0.2, 0) is 5.54 Å². The number of nitrogens with one attached hydrogen (secondary N) is 1. The molecule has 3 aromatic rings. The smallest absolute Gasteiger partial charge is 0.142 e. The highest BCUT2D eigenvalue weighted by Gasteiger charge is 2.47. The minimum atomic E-state index is -0.686. The molecule has 1 aliphatic rings. The molecule has 0 spiro atoms. The maximum Gasteiger partial charge on any atom is 0.142 e. The van der Waals surface area contributed by atoms with Crippen molar-refractivity contribution in [3.8, 4) is 5.75 Å². The van der Waals surface area contributed by atoms with Crippen molar-refractivity contribution in [3.05, 3.63) is 86.9 Å². The average Bonchev–Trinajstić information content (AvgIpc) is 2.96. The van der Waals surface area contributed by atoms with Crippen molar-refractivity contribution in [1.82, 2.24) is 15.3 Å². The van der Waals surface area contributed by atoms with Crippen LogP contribution in [0.5, 0.6) is 5.75 Å². The van der Waals surface area contributed by atoms with Gasteiger partial charge in [0.1, 0.15) is 17.5 Å². The number of nitrogens with zero attached hydrogens (tertiary/aromatic N) is 2. The third-order valence-corrected chi connectivity index (χ3v) is 5.58. The van der Waals surface area contributed by atoms with Gasteiger partial charge in [0, 0.05) is 16.2 Å². The van der Waals surface area contributed by atoms with Crippen LogP contribution in [0.25, 0.3) is 0 Å². The normalized spacial score (nSPS) is 21.1. The van der Waals surface area contributed by atoms with Crippen molar-refractivity contribution in [2.45, 2.75) is 25.6 Å². The number of hydrogen-bond acceptors (Lipinski definition) is 5. The second kappa shape index (κ2) is 6.71. The first-order chi connectivity index (χ1) is 13.0. The molecule has 0 amide bonds. The van der Waals surface area contributed by atoms with Gasteiger partial charge in [0.15, 0.2) is 0 Å². The van der Waals surface area contributed by atoms with Crippen LogP contribution in [0.4, 0.5) is 0 Å². The van der Waals surface area contributed by atoms with Crippen molar-refractivity contribution < 1.29 is 4.74 Å². The Kier molecular flexibility index (Phi) is 4.50. The number of aryl methyl sites for hydroxylation is 2. The topological polar surface area (TPSA) is 73.1 Å². The van der Waals surface area contributed by atoms with E-state index in [0.29, 0.717) is 0 Å². The molecule has 3 heterocycles. The Morgan fingerprint density at radius 3 is 2.70 bits per heavy atom. The summed E-state index contributed by atoms with van der Waals surface area (Å²) in [6, 6.07) is 14.3. The minimum Gasteiger partial charge on any atom is -0.495 e. The number of fused-ring (bicyclic) bond motifs is 1. The third kappa shape index (κ3) is 2.76. The summed E-state index contributed by atoms with van der Waals surface area (Å²) in [5.74, 6) is 0.803. The van der Waals surface area contributed by atoms with Crippen molar-refractivity contribution in [2.24, 2.45) is 5.73 Å². The zero-order valence-corrected chi connectivity index (χ0v) is 17.0. The minimum absolute atomic E-state index is 0.385. The SMILES string of the molecule is COc1c(C)cc(C2(c3cccc(Br)c3)NC(N)c3ncccc32)nc1C. The molecule has 2 unspecified atom stereocenters. The number of rotatable bonds is 3. The molecule has 0 aliphatic carbocycles. The van der Waals surface area contributed by atoms with E-state index in [-0.39, 0.29) is 6.17 Å². The Balaban J connectivity index is 2.06. The van der Waals surface area contributed by atoms with Crippen LogP contribution in [0.2, 0.25) is 0 Å². The van der Waals surface area contributed by atoms with E-state index in [0.717, 1.165) is 44.0 Å². The zero-order valence-electron chi connectivity index (χ0n) is 15.5. The fourth-order valence-corrected chi connectivity index (χ4v) is 4.40. The number of hydrogen-bond donors (Lipinski definition) is 2. The van der Waals surface area contributed by atoms with Crippen LogP contribution in [0.3, 0.4) is 0 Å². The number of nitrogens with two attached hydrogens (primary N) is 1. The summed E-state index contributed by atoms with van der Waals surface area (Å²) in [4.78, 5) is 9.45. The molecule has 0 bridgehead atoms. The van der Waals surface area contributed by atoms with Gasteiger partial charge >= 0.3 is 0 Å². The quantitative estimate of drug-likeness (QED) is 0.669. The predicted molar refractivity (Wildman–Crippen MR) is 109 cm³/mol. The fraction of sp³-hybridized carbons (Fsp3) is 0.238. The zero-order chi connectivity index (χ0) is 19.2. The van der Waals surface area contributed by atoms with Gasteiger partial charge < -0.3 is 10.5 Å². The van der Waals surface area contributed by atoms with Crippen molar-refractivity contribution >= 4 is 15.9 Å². The Bertz CT molecular complexity index is 1000. The Labute approximate surface area is 167 Å². The van der Waals surface area contributed by atoms with Crippen LogP contribution in [0.15, 0.2) is 53.1 Å². The van der Waals surface area contributed by atoms with E-state index in [1.165, 1.54) is 0 Å². The van der Waals surface area contributed by atoms with Gasteiger partial charge in [-0.3, -0.25) is 15.3 Å². The fourth-order valence-electron chi connectivity index (χ4n) is 4.00. The molecule has 0 fully saturated rings.